The molecule has 4 nitrogen and oxygen atoms in total. The third kappa shape index (κ3) is 4.96. The van der Waals surface area contributed by atoms with E-state index in [0.717, 1.165) is 16.9 Å². The fourth-order valence-corrected chi connectivity index (χ4v) is 2.82. The van der Waals surface area contributed by atoms with Gasteiger partial charge in [0.05, 0.1) is 13.7 Å². The summed E-state index contributed by atoms with van der Waals surface area (Å²) in [7, 11) is 1.69. The lowest BCUT2D eigenvalue weighted by Gasteiger charge is -2.16. The van der Waals surface area contributed by atoms with Crippen molar-refractivity contribution in [2.24, 2.45) is 10.7 Å². The molecule has 0 bridgehead atoms. The van der Waals surface area contributed by atoms with E-state index in [-0.39, 0.29) is 0 Å². The van der Waals surface area contributed by atoms with Gasteiger partial charge in [-0.3, -0.25) is 0 Å². The average molecular weight is 289 g/mol. The van der Waals surface area contributed by atoms with Crippen molar-refractivity contribution in [2.75, 3.05) is 7.11 Å². The Morgan fingerprint density at radius 3 is 2.67 bits per heavy atom. The van der Waals surface area contributed by atoms with Gasteiger partial charge in [0, 0.05) is 6.04 Å². The smallest absolute Gasteiger partial charge is 0.189 e. The molecule has 0 heterocycles. The van der Waals surface area contributed by atoms with Crippen LogP contribution in [-0.2, 0) is 6.54 Å². The van der Waals surface area contributed by atoms with Crippen molar-refractivity contribution in [1.82, 2.24) is 5.32 Å². The Hall–Kier alpha value is -1.71. The maximum atomic E-state index is 6.01. The molecule has 1 aliphatic carbocycles. The summed E-state index contributed by atoms with van der Waals surface area (Å²) >= 11 is 0. The van der Waals surface area contributed by atoms with Crippen LogP contribution in [0.2, 0.25) is 0 Å². The molecular weight excluding hydrogens is 262 g/mol. The minimum Gasteiger partial charge on any atom is -0.496 e. The number of benzene rings is 1. The van der Waals surface area contributed by atoms with E-state index in [0.29, 0.717) is 18.5 Å². The highest BCUT2D eigenvalue weighted by Crippen LogP contribution is 2.19. The molecule has 0 aliphatic heterocycles. The molecule has 0 atom stereocenters. The summed E-state index contributed by atoms with van der Waals surface area (Å²) in [4.78, 5) is 4.45. The number of nitrogens with two attached hydrogens (primary N) is 1. The Balaban J connectivity index is 1.90. The minimum absolute atomic E-state index is 0.490. The van der Waals surface area contributed by atoms with Gasteiger partial charge in [0.2, 0.25) is 0 Å². The van der Waals surface area contributed by atoms with Crippen molar-refractivity contribution >= 4 is 5.96 Å². The second-order valence-corrected chi connectivity index (χ2v) is 5.84. The molecule has 21 heavy (non-hydrogen) atoms. The van der Waals surface area contributed by atoms with Gasteiger partial charge in [-0.15, -0.1) is 0 Å². The van der Waals surface area contributed by atoms with E-state index in [2.05, 4.69) is 22.4 Å². The van der Waals surface area contributed by atoms with Crippen molar-refractivity contribution in [2.45, 2.75) is 58.0 Å². The van der Waals surface area contributed by atoms with E-state index in [4.69, 9.17) is 10.5 Å². The Kier molecular flexibility index (Phi) is 5.90. The van der Waals surface area contributed by atoms with Gasteiger partial charge in [-0.25, -0.2) is 4.99 Å². The van der Waals surface area contributed by atoms with Crippen molar-refractivity contribution in [3.63, 3.8) is 0 Å². The highest BCUT2D eigenvalue weighted by molar-refractivity contribution is 5.78. The van der Waals surface area contributed by atoms with Gasteiger partial charge in [-0.05, 0) is 37.0 Å². The summed E-state index contributed by atoms with van der Waals surface area (Å²) < 4.78 is 5.33. The first-order valence-corrected chi connectivity index (χ1v) is 7.89. The molecule has 1 aromatic carbocycles. The Morgan fingerprint density at radius 2 is 2.00 bits per heavy atom. The number of methoxy groups -OCH3 is 1. The zero-order valence-electron chi connectivity index (χ0n) is 13.2. The van der Waals surface area contributed by atoms with Crippen LogP contribution in [-0.4, -0.2) is 19.1 Å². The highest BCUT2D eigenvalue weighted by Gasteiger charge is 2.12. The Bertz CT molecular complexity index is 477. The van der Waals surface area contributed by atoms with Gasteiger partial charge in [0.1, 0.15) is 5.75 Å². The van der Waals surface area contributed by atoms with E-state index in [1.54, 1.807) is 7.11 Å². The number of hydrogen-bond acceptors (Lipinski definition) is 2. The molecule has 1 aliphatic rings. The lowest BCUT2D eigenvalue weighted by molar-refractivity contribution is 0.411. The normalized spacial score (nSPS) is 17.3. The third-order valence-corrected chi connectivity index (χ3v) is 4.11. The number of nitrogens with one attached hydrogen (secondary N) is 1. The number of rotatable bonds is 4. The molecule has 116 valence electrons. The largest absolute Gasteiger partial charge is 0.496 e. The van der Waals surface area contributed by atoms with Gasteiger partial charge in [0.25, 0.3) is 0 Å². The molecule has 2 rings (SSSR count). The van der Waals surface area contributed by atoms with Crippen LogP contribution < -0.4 is 15.8 Å². The zero-order valence-corrected chi connectivity index (χ0v) is 13.2. The van der Waals surface area contributed by atoms with Crippen molar-refractivity contribution < 1.29 is 4.74 Å². The zero-order chi connectivity index (χ0) is 15.1. The molecule has 0 saturated heterocycles. The number of hydrogen-bond donors (Lipinski definition) is 2. The van der Waals surface area contributed by atoms with Gasteiger partial charge in [0.15, 0.2) is 5.96 Å². The van der Waals surface area contributed by atoms with Gasteiger partial charge in [-0.1, -0.05) is 37.8 Å². The van der Waals surface area contributed by atoms with E-state index in [1.807, 2.05) is 13.0 Å². The van der Waals surface area contributed by atoms with Crippen LogP contribution in [0.25, 0.3) is 0 Å². The van der Waals surface area contributed by atoms with E-state index < -0.39 is 0 Å². The standard InChI is InChI=1S/C17H27N3O/c1-13-9-10-14(11-16(13)21-2)12-19-17(18)20-15-7-5-3-4-6-8-15/h9-11,15H,3-8,12H2,1-2H3,(H3,18,19,20). The summed E-state index contributed by atoms with van der Waals surface area (Å²) in [6.45, 7) is 2.62. The van der Waals surface area contributed by atoms with Crippen LogP contribution >= 0.6 is 0 Å². The van der Waals surface area contributed by atoms with Crippen LogP contribution in [0, 0.1) is 6.92 Å². The number of aryl methyl sites for hydroxylation is 1. The van der Waals surface area contributed by atoms with Crippen LogP contribution in [0.15, 0.2) is 23.2 Å². The molecule has 0 aromatic heterocycles. The highest BCUT2D eigenvalue weighted by atomic mass is 16.5. The van der Waals surface area contributed by atoms with E-state index >= 15 is 0 Å². The summed E-state index contributed by atoms with van der Waals surface area (Å²) in [6.07, 6.45) is 7.68. The first kappa shape index (κ1) is 15.7. The molecule has 1 fully saturated rings. The first-order valence-electron chi connectivity index (χ1n) is 7.89. The van der Waals surface area contributed by atoms with E-state index in [1.165, 1.54) is 38.5 Å². The molecule has 0 unspecified atom stereocenters. The molecule has 1 saturated carbocycles. The lowest BCUT2D eigenvalue weighted by atomic mass is 10.1. The SMILES string of the molecule is COc1cc(CN=C(N)NC2CCCCCC2)ccc1C. The van der Waals surface area contributed by atoms with Crippen LogP contribution in [0.1, 0.15) is 49.7 Å². The summed E-state index contributed by atoms with van der Waals surface area (Å²) in [5.41, 5.74) is 8.26. The molecule has 3 N–H and O–H groups in total. The lowest BCUT2D eigenvalue weighted by Crippen LogP contribution is -2.39. The van der Waals surface area contributed by atoms with Gasteiger partial charge >= 0.3 is 0 Å². The molecule has 4 heteroatoms. The van der Waals surface area contributed by atoms with Crippen molar-refractivity contribution in [3.8, 4) is 5.75 Å². The maximum Gasteiger partial charge on any atom is 0.189 e. The second kappa shape index (κ2) is 7.91. The van der Waals surface area contributed by atoms with Crippen LogP contribution in [0.5, 0.6) is 5.75 Å². The first-order chi connectivity index (χ1) is 10.2. The minimum atomic E-state index is 0.490. The average Bonchev–Trinajstić information content (AvgIpc) is 2.75. The summed E-state index contributed by atoms with van der Waals surface area (Å²) in [5, 5.41) is 3.37. The third-order valence-electron chi connectivity index (χ3n) is 4.11. The van der Waals surface area contributed by atoms with E-state index in [9.17, 15) is 0 Å². The quantitative estimate of drug-likeness (QED) is 0.508. The number of guanidine groups is 1. The fraction of sp³-hybridized carbons (Fsp3) is 0.588. The molecule has 0 radical (unpaired) electrons. The predicted octanol–water partition coefficient (Wildman–Crippen LogP) is 3.13. The second-order valence-electron chi connectivity index (χ2n) is 5.84. The van der Waals surface area contributed by atoms with Crippen molar-refractivity contribution in [1.29, 1.82) is 0 Å². The molecule has 1 aromatic rings. The van der Waals surface area contributed by atoms with Gasteiger partial charge in [-0.2, -0.15) is 0 Å². The molecular formula is C17H27N3O. The predicted molar refractivity (Wildman–Crippen MR) is 87.7 cm³/mol. The fourth-order valence-electron chi connectivity index (χ4n) is 2.82. The maximum absolute atomic E-state index is 6.01. The number of aliphatic imine (C=N–C) groups is 1. The topological polar surface area (TPSA) is 59.6 Å². The summed E-state index contributed by atoms with van der Waals surface area (Å²) in [6, 6.07) is 6.64. The molecule has 0 spiro atoms. The number of ether oxygens (including phenoxy) is 1. The monoisotopic (exact) mass is 289 g/mol. The molecule has 0 amide bonds. The van der Waals surface area contributed by atoms with Crippen LogP contribution in [0.4, 0.5) is 0 Å². The summed E-state index contributed by atoms with van der Waals surface area (Å²) in [5.74, 6) is 1.46. The van der Waals surface area contributed by atoms with Gasteiger partial charge < -0.3 is 15.8 Å². The number of nitrogens with zero attached hydrogens (tertiary/aromatic N) is 1. The Labute approximate surface area is 127 Å². The van der Waals surface area contributed by atoms with Crippen molar-refractivity contribution in [3.05, 3.63) is 29.3 Å². The Morgan fingerprint density at radius 1 is 1.29 bits per heavy atom. The van der Waals surface area contributed by atoms with Crippen LogP contribution in [0.3, 0.4) is 0 Å².